The monoisotopic (exact) mass is 509 g/mol. The first-order chi connectivity index (χ1) is 16.9. The van der Waals surface area contributed by atoms with E-state index in [-0.39, 0.29) is 18.3 Å². The number of benzene rings is 2. The number of furan rings is 1. The fraction of sp³-hybridized carbons (Fsp3) is 0.185. The third kappa shape index (κ3) is 5.61. The standard InChI is InChI=1S/C27H25Cl2N3O3/c1-4-8-19-9-5-6-12-24(19)34-16-20-13-14-25(35-20)27(33)30-26-17(2)31-32(18(26)3)15-21-22(28)10-7-11-23(21)29/h4-7,9-14H,1,8,15-16H2,2-3H3,(H,30,33). The van der Waals surface area contributed by atoms with Crippen LogP contribution in [0.3, 0.4) is 0 Å². The minimum Gasteiger partial charge on any atom is -0.485 e. The molecule has 0 fully saturated rings. The van der Waals surface area contributed by atoms with Crippen LogP contribution in [-0.4, -0.2) is 15.7 Å². The third-order valence-corrected chi connectivity index (χ3v) is 6.29. The molecule has 0 bridgehead atoms. The number of hydrogen-bond donors (Lipinski definition) is 1. The summed E-state index contributed by atoms with van der Waals surface area (Å²) < 4.78 is 13.4. The summed E-state index contributed by atoms with van der Waals surface area (Å²) >= 11 is 12.6. The molecule has 0 aliphatic rings. The number of carbonyl (C=O) groups is 1. The Hall–Kier alpha value is -3.48. The van der Waals surface area contributed by atoms with E-state index < -0.39 is 0 Å². The lowest BCUT2D eigenvalue weighted by atomic mass is 10.1. The van der Waals surface area contributed by atoms with Crippen molar-refractivity contribution >= 4 is 34.8 Å². The minimum absolute atomic E-state index is 0.184. The SMILES string of the molecule is C=CCc1ccccc1OCc1ccc(C(=O)Nc2c(C)nn(Cc3c(Cl)cccc3Cl)c2C)o1. The van der Waals surface area contributed by atoms with E-state index in [9.17, 15) is 4.79 Å². The van der Waals surface area contributed by atoms with Crippen LogP contribution in [0.4, 0.5) is 5.69 Å². The highest BCUT2D eigenvalue weighted by molar-refractivity contribution is 6.36. The van der Waals surface area contributed by atoms with Crippen molar-refractivity contribution in [2.24, 2.45) is 0 Å². The van der Waals surface area contributed by atoms with E-state index in [2.05, 4.69) is 17.0 Å². The van der Waals surface area contributed by atoms with Crippen LogP contribution in [0.5, 0.6) is 5.75 Å². The number of aryl methyl sites for hydroxylation is 1. The van der Waals surface area contributed by atoms with Crippen molar-refractivity contribution in [3.63, 3.8) is 0 Å². The van der Waals surface area contributed by atoms with Gasteiger partial charge in [0.15, 0.2) is 5.76 Å². The summed E-state index contributed by atoms with van der Waals surface area (Å²) in [7, 11) is 0. The molecule has 0 saturated carbocycles. The van der Waals surface area contributed by atoms with Crippen molar-refractivity contribution in [3.8, 4) is 5.75 Å². The zero-order chi connectivity index (χ0) is 24.9. The Kier molecular flexibility index (Phi) is 7.63. The summed E-state index contributed by atoms with van der Waals surface area (Å²) in [6, 6.07) is 16.5. The molecular weight excluding hydrogens is 485 g/mol. The molecule has 0 unspecified atom stereocenters. The van der Waals surface area contributed by atoms with Crippen molar-refractivity contribution in [2.45, 2.75) is 33.4 Å². The molecular formula is C27H25Cl2N3O3. The number of nitrogens with one attached hydrogen (secondary N) is 1. The first kappa shape index (κ1) is 24.6. The van der Waals surface area contributed by atoms with Gasteiger partial charge in [0.2, 0.25) is 0 Å². The number of rotatable bonds is 9. The van der Waals surface area contributed by atoms with Gasteiger partial charge in [-0.3, -0.25) is 9.48 Å². The Bertz CT molecular complexity index is 1350. The van der Waals surface area contributed by atoms with Crippen LogP contribution in [0.1, 0.15) is 38.8 Å². The highest BCUT2D eigenvalue weighted by Crippen LogP contribution is 2.28. The largest absolute Gasteiger partial charge is 0.485 e. The molecule has 0 radical (unpaired) electrons. The average molecular weight is 510 g/mol. The Morgan fingerprint density at radius 2 is 1.86 bits per heavy atom. The lowest BCUT2D eigenvalue weighted by Gasteiger charge is -2.09. The van der Waals surface area contributed by atoms with E-state index >= 15 is 0 Å². The smallest absolute Gasteiger partial charge is 0.291 e. The van der Waals surface area contributed by atoms with Gasteiger partial charge in [-0.15, -0.1) is 6.58 Å². The molecule has 4 rings (SSSR count). The number of anilines is 1. The van der Waals surface area contributed by atoms with Gasteiger partial charge < -0.3 is 14.5 Å². The summed E-state index contributed by atoms with van der Waals surface area (Å²) in [5.74, 6) is 1.11. The number of carbonyl (C=O) groups excluding carboxylic acids is 1. The highest BCUT2D eigenvalue weighted by Gasteiger charge is 2.19. The summed E-state index contributed by atoms with van der Waals surface area (Å²) in [5, 5.41) is 8.59. The van der Waals surface area contributed by atoms with E-state index in [1.165, 1.54) is 0 Å². The Morgan fingerprint density at radius 3 is 2.60 bits per heavy atom. The number of amides is 1. The van der Waals surface area contributed by atoms with E-state index in [0.29, 0.717) is 40.2 Å². The van der Waals surface area contributed by atoms with Gasteiger partial charge in [-0.2, -0.15) is 5.10 Å². The quantitative estimate of drug-likeness (QED) is 0.246. The van der Waals surface area contributed by atoms with Gasteiger partial charge in [-0.05, 0) is 56.2 Å². The molecule has 2 heterocycles. The molecule has 8 heteroatoms. The van der Waals surface area contributed by atoms with Crippen molar-refractivity contribution in [1.29, 1.82) is 0 Å². The maximum atomic E-state index is 12.9. The summed E-state index contributed by atoms with van der Waals surface area (Å²) in [5.41, 5.74) is 3.87. The predicted octanol–water partition coefficient (Wildman–Crippen LogP) is 7.01. The van der Waals surface area contributed by atoms with Crippen molar-refractivity contribution in [2.75, 3.05) is 5.32 Å². The van der Waals surface area contributed by atoms with Crippen LogP contribution < -0.4 is 10.1 Å². The van der Waals surface area contributed by atoms with E-state index in [4.69, 9.17) is 32.4 Å². The minimum atomic E-state index is -0.371. The molecule has 2 aromatic heterocycles. The fourth-order valence-electron chi connectivity index (χ4n) is 3.74. The van der Waals surface area contributed by atoms with E-state index in [1.54, 1.807) is 35.0 Å². The number of para-hydroxylation sites is 1. The summed E-state index contributed by atoms with van der Waals surface area (Å²) in [4.78, 5) is 12.9. The van der Waals surface area contributed by atoms with E-state index in [1.807, 2.05) is 44.2 Å². The fourth-order valence-corrected chi connectivity index (χ4v) is 4.25. The summed E-state index contributed by atoms with van der Waals surface area (Å²) in [6.07, 6.45) is 2.53. The summed E-state index contributed by atoms with van der Waals surface area (Å²) in [6.45, 7) is 8.07. The lowest BCUT2D eigenvalue weighted by Crippen LogP contribution is -2.12. The van der Waals surface area contributed by atoms with Crippen LogP contribution in [0.25, 0.3) is 0 Å². The first-order valence-electron chi connectivity index (χ1n) is 11.1. The molecule has 0 saturated heterocycles. The molecule has 6 nitrogen and oxygen atoms in total. The Labute approximate surface area is 214 Å². The molecule has 1 amide bonds. The molecule has 0 atom stereocenters. The van der Waals surface area contributed by atoms with Crippen LogP contribution in [0.2, 0.25) is 10.0 Å². The maximum Gasteiger partial charge on any atom is 0.291 e. The number of halogens is 2. The third-order valence-electron chi connectivity index (χ3n) is 5.58. The van der Waals surface area contributed by atoms with Crippen molar-refractivity contribution in [3.05, 3.63) is 111 Å². The lowest BCUT2D eigenvalue weighted by molar-refractivity contribution is 0.0992. The van der Waals surface area contributed by atoms with Gasteiger partial charge in [0, 0.05) is 15.6 Å². The zero-order valence-electron chi connectivity index (χ0n) is 19.5. The molecule has 1 N–H and O–H groups in total. The molecule has 0 spiro atoms. The molecule has 4 aromatic rings. The van der Waals surface area contributed by atoms with Crippen LogP contribution >= 0.6 is 23.2 Å². The topological polar surface area (TPSA) is 69.3 Å². The number of allylic oxidation sites excluding steroid dienone is 1. The molecule has 35 heavy (non-hydrogen) atoms. The highest BCUT2D eigenvalue weighted by atomic mass is 35.5. The van der Waals surface area contributed by atoms with Gasteiger partial charge in [-0.1, -0.05) is 53.5 Å². The molecule has 2 aromatic carbocycles. The van der Waals surface area contributed by atoms with Gasteiger partial charge in [-0.25, -0.2) is 0 Å². The Balaban J connectivity index is 1.44. The van der Waals surface area contributed by atoms with Gasteiger partial charge >= 0.3 is 0 Å². The van der Waals surface area contributed by atoms with E-state index in [0.717, 1.165) is 22.6 Å². The molecule has 0 aliphatic heterocycles. The Morgan fingerprint density at radius 1 is 1.11 bits per heavy atom. The first-order valence-corrected chi connectivity index (χ1v) is 11.8. The second-order valence-corrected chi connectivity index (χ2v) is 8.83. The number of nitrogens with zero attached hydrogens (tertiary/aromatic N) is 2. The number of ether oxygens (including phenoxy) is 1. The number of hydrogen-bond acceptors (Lipinski definition) is 4. The van der Waals surface area contributed by atoms with Gasteiger partial charge in [0.25, 0.3) is 5.91 Å². The van der Waals surface area contributed by atoms with Gasteiger partial charge in [0.1, 0.15) is 18.1 Å². The van der Waals surface area contributed by atoms with Gasteiger partial charge in [0.05, 0.1) is 23.6 Å². The molecule has 180 valence electrons. The maximum absolute atomic E-state index is 12.9. The van der Waals surface area contributed by atoms with Crippen LogP contribution in [-0.2, 0) is 19.6 Å². The average Bonchev–Trinajstić information content (AvgIpc) is 3.41. The second-order valence-electron chi connectivity index (χ2n) is 8.01. The predicted molar refractivity (Wildman–Crippen MR) is 139 cm³/mol. The normalized spacial score (nSPS) is 10.9. The van der Waals surface area contributed by atoms with Crippen LogP contribution in [0.15, 0.2) is 71.7 Å². The van der Waals surface area contributed by atoms with Crippen LogP contribution in [0, 0.1) is 13.8 Å². The second kappa shape index (κ2) is 10.8. The zero-order valence-corrected chi connectivity index (χ0v) is 21.0. The van der Waals surface area contributed by atoms with Crippen molar-refractivity contribution < 1.29 is 13.9 Å². The number of aromatic nitrogens is 2. The van der Waals surface area contributed by atoms with Crippen molar-refractivity contribution in [1.82, 2.24) is 9.78 Å². The molecule has 0 aliphatic carbocycles.